The molecule has 2 heterocycles. The fourth-order valence-corrected chi connectivity index (χ4v) is 3.79. The molecule has 118 valence electrons. The Morgan fingerprint density at radius 1 is 1.48 bits per heavy atom. The molecule has 1 aromatic rings. The number of hydrogen-bond donors (Lipinski definition) is 1. The van der Waals surface area contributed by atoms with E-state index in [-0.39, 0.29) is 5.41 Å². The van der Waals surface area contributed by atoms with Crippen LogP contribution >= 0.6 is 11.5 Å². The summed E-state index contributed by atoms with van der Waals surface area (Å²) < 4.78 is 4.44. The van der Waals surface area contributed by atoms with Gasteiger partial charge in [0.15, 0.2) is 0 Å². The Hall–Kier alpha value is -1.17. The quantitative estimate of drug-likeness (QED) is 0.924. The van der Waals surface area contributed by atoms with Gasteiger partial charge >= 0.3 is 5.97 Å². The average molecular weight is 311 g/mol. The summed E-state index contributed by atoms with van der Waals surface area (Å²) >= 11 is 1.39. The van der Waals surface area contributed by atoms with Gasteiger partial charge in [0, 0.05) is 30.0 Å². The van der Waals surface area contributed by atoms with E-state index in [1.807, 2.05) is 6.92 Å². The number of aliphatic carboxylic acids is 1. The number of carboxylic acids is 1. The molecule has 6 heteroatoms. The number of hydrogen-bond acceptors (Lipinski definition) is 5. The highest BCUT2D eigenvalue weighted by Gasteiger charge is 2.42. The second-order valence-corrected chi connectivity index (χ2v) is 7.74. The first-order chi connectivity index (χ1) is 9.78. The molecule has 0 radical (unpaired) electrons. The highest BCUT2D eigenvalue weighted by atomic mass is 32.1. The molecule has 0 amide bonds. The topological polar surface area (TPSA) is 66.3 Å². The summed E-state index contributed by atoms with van der Waals surface area (Å²) in [6.07, 6.45) is 3.28. The van der Waals surface area contributed by atoms with Crippen molar-refractivity contribution in [3.63, 3.8) is 0 Å². The zero-order valence-electron chi connectivity index (χ0n) is 13.3. The molecule has 0 spiro atoms. The summed E-state index contributed by atoms with van der Waals surface area (Å²) in [6.45, 7) is 9.74. The van der Waals surface area contributed by atoms with Gasteiger partial charge in [-0.15, -0.1) is 0 Å². The predicted molar refractivity (Wildman–Crippen MR) is 85.0 cm³/mol. The third-order valence-corrected chi connectivity index (χ3v) is 4.89. The highest BCUT2D eigenvalue weighted by Crippen LogP contribution is 2.37. The van der Waals surface area contributed by atoms with Gasteiger partial charge in [0.1, 0.15) is 5.82 Å². The normalized spacial score (nSPS) is 23.3. The first kappa shape index (κ1) is 16.2. The van der Waals surface area contributed by atoms with Gasteiger partial charge in [-0.25, -0.2) is 4.98 Å². The molecule has 1 unspecified atom stereocenters. The molecule has 0 aliphatic carbocycles. The zero-order chi connectivity index (χ0) is 15.7. The van der Waals surface area contributed by atoms with Crippen LogP contribution in [0.4, 0.5) is 5.13 Å². The maximum absolute atomic E-state index is 11.7. The standard InChI is InChI=1S/C15H25N3O2S/c1-5-7-15(12(19)20)8-6-9-18(10-15)13-16-11(17-21-13)14(2,3)4/h5-10H2,1-4H3,(H,19,20). The van der Waals surface area contributed by atoms with Crippen LogP contribution in [-0.2, 0) is 10.2 Å². The average Bonchev–Trinajstić information content (AvgIpc) is 2.88. The van der Waals surface area contributed by atoms with E-state index in [2.05, 4.69) is 35.0 Å². The van der Waals surface area contributed by atoms with Crippen molar-refractivity contribution >= 4 is 22.6 Å². The number of nitrogens with zero attached hydrogens (tertiary/aromatic N) is 3. The Labute approximate surface area is 130 Å². The fraction of sp³-hybridized carbons (Fsp3) is 0.800. The first-order valence-corrected chi connectivity index (χ1v) is 8.38. The van der Waals surface area contributed by atoms with E-state index in [0.717, 1.165) is 43.2 Å². The van der Waals surface area contributed by atoms with Crippen molar-refractivity contribution in [1.29, 1.82) is 0 Å². The molecule has 1 N–H and O–H groups in total. The highest BCUT2D eigenvalue weighted by molar-refractivity contribution is 7.09. The lowest BCUT2D eigenvalue weighted by Gasteiger charge is -2.39. The fourth-order valence-electron chi connectivity index (χ4n) is 2.91. The number of aromatic nitrogens is 2. The van der Waals surface area contributed by atoms with E-state index in [9.17, 15) is 9.90 Å². The summed E-state index contributed by atoms with van der Waals surface area (Å²) in [4.78, 5) is 18.5. The zero-order valence-corrected chi connectivity index (χ0v) is 14.2. The number of anilines is 1. The minimum atomic E-state index is -0.672. The van der Waals surface area contributed by atoms with E-state index in [0.29, 0.717) is 6.54 Å². The summed E-state index contributed by atoms with van der Waals surface area (Å²) in [7, 11) is 0. The Balaban J connectivity index is 2.21. The molecule has 2 rings (SSSR count). The van der Waals surface area contributed by atoms with E-state index in [1.54, 1.807) is 0 Å². The third kappa shape index (κ3) is 3.36. The lowest BCUT2D eigenvalue weighted by molar-refractivity contribution is -0.150. The molecule has 0 bridgehead atoms. The minimum absolute atomic E-state index is 0.0716. The Morgan fingerprint density at radius 2 is 2.19 bits per heavy atom. The summed E-state index contributed by atoms with van der Waals surface area (Å²) in [5.41, 5.74) is -0.696. The molecule has 5 nitrogen and oxygen atoms in total. The molecule has 1 aliphatic heterocycles. The molecular formula is C15H25N3O2S. The third-order valence-electron chi connectivity index (χ3n) is 4.12. The van der Waals surface area contributed by atoms with Crippen LogP contribution in [0.25, 0.3) is 0 Å². The summed E-state index contributed by atoms with van der Waals surface area (Å²) in [5, 5.41) is 10.5. The van der Waals surface area contributed by atoms with Crippen molar-refractivity contribution in [1.82, 2.24) is 9.36 Å². The molecule has 1 fully saturated rings. The number of rotatable bonds is 4. The number of carboxylic acid groups (broad SMARTS) is 1. The largest absolute Gasteiger partial charge is 0.481 e. The first-order valence-electron chi connectivity index (χ1n) is 7.61. The van der Waals surface area contributed by atoms with Gasteiger partial charge in [-0.05, 0) is 19.3 Å². The molecular weight excluding hydrogens is 286 g/mol. The summed E-state index contributed by atoms with van der Waals surface area (Å²) in [6, 6.07) is 0. The second kappa shape index (κ2) is 5.91. The second-order valence-electron chi connectivity index (χ2n) is 7.01. The van der Waals surface area contributed by atoms with Crippen LogP contribution in [0.2, 0.25) is 0 Å². The van der Waals surface area contributed by atoms with Crippen LogP contribution < -0.4 is 4.90 Å². The van der Waals surface area contributed by atoms with Crippen LogP contribution in [0.5, 0.6) is 0 Å². The molecule has 1 atom stereocenters. The SMILES string of the molecule is CCCC1(C(=O)O)CCCN(c2nc(C(C)(C)C)ns2)C1. The van der Waals surface area contributed by atoms with Crippen molar-refractivity contribution in [2.24, 2.45) is 5.41 Å². The van der Waals surface area contributed by atoms with E-state index >= 15 is 0 Å². The molecule has 0 saturated carbocycles. The Kier molecular flexibility index (Phi) is 4.56. The molecule has 1 aromatic heterocycles. The lowest BCUT2D eigenvalue weighted by atomic mass is 9.76. The van der Waals surface area contributed by atoms with Gasteiger partial charge in [0.2, 0.25) is 5.13 Å². The lowest BCUT2D eigenvalue weighted by Crippen LogP contribution is -2.48. The van der Waals surface area contributed by atoms with Gasteiger partial charge in [-0.3, -0.25) is 4.79 Å². The predicted octanol–water partition coefficient (Wildman–Crippen LogP) is 3.31. The molecule has 1 saturated heterocycles. The van der Waals surface area contributed by atoms with E-state index < -0.39 is 11.4 Å². The molecule has 1 aliphatic rings. The van der Waals surface area contributed by atoms with Gasteiger partial charge in [0.25, 0.3) is 0 Å². The van der Waals surface area contributed by atoms with Gasteiger partial charge < -0.3 is 10.0 Å². The van der Waals surface area contributed by atoms with Crippen molar-refractivity contribution in [3.8, 4) is 0 Å². The van der Waals surface area contributed by atoms with E-state index in [4.69, 9.17) is 0 Å². The molecule has 0 aromatic carbocycles. The number of carbonyl (C=O) groups is 1. The van der Waals surface area contributed by atoms with Crippen LogP contribution in [0.15, 0.2) is 0 Å². The van der Waals surface area contributed by atoms with Crippen LogP contribution in [0, 0.1) is 5.41 Å². The smallest absolute Gasteiger partial charge is 0.311 e. The molecule has 21 heavy (non-hydrogen) atoms. The van der Waals surface area contributed by atoms with Crippen LogP contribution in [0.3, 0.4) is 0 Å². The Morgan fingerprint density at radius 3 is 2.71 bits per heavy atom. The van der Waals surface area contributed by atoms with Crippen molar-refractivity contribution in [2.45, 2.75) is 58.8 Å². The number of piperidine rings is 1. The van der Waals surface area contributed by atoms with Crippen molar-refractivity contribution in [3.05, 3.63) is 5.82 Å². The van der Waals surface area contributed by atoms with Gasteiger partial charge in [0.05, 0.1) is 5.41 Å². The van der Waals surface area contributed by atoms with Crippen LogP contribution in [0.1, 0.15) is 59.2 Å². The minimum Gasteiger partial charge on any atom is -0.481 e. The maximum atomic E-state index is 11.7. The monoisotopic (exact) mass is 311 g/mol. The van der Waals surface area contributed by atoms with E-state index in [1.165, 1.54) is 11.5 Å². The summed E-state index contributed by atoms with van der Waals surface area (Å²) in [5.74, 6) is 0.166. The maximum Gasteiger partial charge on any atom is 0.311 e. The van der Waals surface area contributed by atoms with Gasteiger partial charge in [-0.2, -0.15) is 4.37 Å². The van der Waals surface area contributed by atoms with Crippen LogP contribution in [-0.4, -0.2) is 33.5 Å². The van der Waals surface area contributed by atoms with Crippen molar-refractivity contribution < 1.29 is 9.90 Å². The Bertz CT molecular complexity index is 505. The van der Waals surface area contributed by atoms with Gasteiger partial charge in [-0.1, -0.05) is 34.1 Å². The van der Waals surface area contributed by atoms with Crippen molar-refractivity contribution in [2.75, 3.05) is 18.0 Å².